The van der Waals surface area contributed by atoms with Crippen molar-refractivity contribution in [1.82, 2.24) is 0 Å². The summed E-state index contributed by atoms with van der Waals surface area (Å²) in [5, 5.41) is 0. The van der Waals surface area contributed by atoms with E-state index in [1.165, 1.54) is 4.68 Å². The SMILES string of the molecule is CC1(c2cc[n+](N)cc2)OCCO1. The number of aromatic nitrogens is 1. The van der Waals surface area contributed by atoms with Crippen molar-refractivity contribution in [1.29, 1.82) is 0 Å². The maximum absolute atomic E-state index is 5.50. The molecule has 1 aromatic heterocycles. The average molecular weight is 181 g/mol. The molecule has 0 saturated carbocycles. The van der Waals surface area contributed by atoms with Crippen LogP contribution in [0.25, 0.3) is 0 Å². The third-order valence-corrected chi connectivity index (χ3v) is 2.22. The summed E-state index contributed by atoms with van der Waals surface area (Å²) < 4.78 is 12.5. The third-order valence-electron chi connectivity index (χ3n) is 2.22. The van der Waals surface area contributed by atoms with E-state index in [-0.39, 0.29) is 0 Å². The van der Waals surface area contributed by atoms with Crippen molar-refractivity contribution in [2.24, 2.45) is 0 Å². The maximum atomic E-state index is 5.50. The lowest BCUT2D eigenvalue weighted by atomic mass is 10.1. The summed E-state index contributed by atoms with van der Waals surface area (Å²) in [5.74, 6) is 4.91. The van der Waals surface area contributed by atoms with Gasteiger partial charge < -0.3 is 9.47 Å². The molecule has 1 aromatic rings. The monoisotopic (exact) mass is 181 g/mol. The highest BCUT2D eigenvalue weighted by molar-refractivity contribution is 5.14. The van der Waals surface area contributed by atoms with Gasteiger partial charge in [0, 0.05) is 17.7 Å². The Labute approximate surface area is 76.9 Å². The fourth-order valence-electron chi connectivity index (χ4n) is 1.42. The molecule has 0 atom stereocenters. The molecule has 0 unspecified atom stereocenters. The van der Waals surface area contributed by atoms with Gasteiger partial charge in [-0.2, -0.15) is 0 Å². The smallest absolute Gasteiger partial charge is 0.199 e. The van der Waals surface area contributed by atoms with Crippen LogP contribution >= 0.6 is 0 Å². The highest BCUT2D eigenvalue weighted by Crippen LogP contribution is 2.29. The minimum Gasteiger partial charge on any atom is -0.344 e. The molecule has 1 aliphatic rings. The summed E-state index contributed by atoms with van der Waals surface area (Å²) in [6.45, 7) is 3.21. The van der Waals surface area contributed by atoms with Gasteiger partial charge in [0.05, 0.1) is 13.2 Å². The predicted molar refractivity (Wildman–Crippen MR) is 46.0 cm³/mol. The van der Waals surface area contributed by atoms with Crippen LogP contribution in [0.2, 0.25) is 0 Å². The van der Waals surface area contributed by atoms with Gasteiger partial charge in [0.25, 0.3) is 0 Å². The van der Waals surface area contributed by atoms with Gasteiger partial charge in [0.15, 0.2) is 18.2 Å². The Balaban J connectivity index is 2.29. The van der Waals surface area contributed by atoms with Crippen molar-refractivity contribution in [3.05, 3.63) is 30.1 Å². The molecule has 0 radical (unpaired) electrons. The number of nitrogens with zero attached hydrogens (tertiary/aromatic N) is 1. The molecular weight excluding hydrogens is 168 g/mol. The van der Waals surface area contributed by atoms with Crippen LogP contribution in [-0.4, -0.2) is 13.2 Å². The molecule has 0 spiro atoms. The van der Waals surface area contributed by atoms with Crippen LogP contribution in [0.15, 0.2) is 24.5 Å². The van der Waals surface area contributed by atoms with E-state index < -0.39 is 5.79 Å². The van der Waals surface area contributed by atoms with E-state index in [9.17, 15) is 0 Å². The maximum Gasteiger partial charge on any atom is 0.199 e. The van der Waals surface area contributed by atoms with Crippen LogP contribution < -0.4 is 10.5 Å². The molecule has 0 bridgehead atoms. The number of pyridine rings is 1. The molecule has 1 fully saturated rings. The van der Waals surface area contributed by atoms with E-state index in [4.69, 9.17) is 15.3 Å². The second kappa shape index (κ2) is 2.97. The van der Waals surface area contributed by atoms with Gasteiger partial charge in [0.1, 0.15) is 0 Å². The van der Waals surface area contributed by atoms with Crippen LogP contribution in [-0.2, 0) is 15.3 Å². The summed E-state index contributed by atoms with van der Waals surface area (Å²) >= 11 is 0. The van der Waals surface area contributed by atoms with Gasteiger partial charge in [-0.1, -0.05) is 4.68 Å². The minimum absolute atomic E-state index is 0.589. The highest BCUT2D eigenvalue weighted by atomic mass is 16.7. The van der Waals surface area contributed by atoms with E-state index in [2.05, 4.69) is 0 Å². The Bertz CT molecular complexity index is 291. The molecule has 0 aromatic carbocycles. The molecule has 1 saturated heterocycles. The van der Waals surface area contributed by atoms with Gasteiger partial charge >= 0.3 is 0 Å². The molecule has 70 valence electrons. The first kappa shape index (κ1) is 8.47. The van der Waals surface area contributed by atoms with Gasteiger partial charge in [-0.3, -0.25) is 0 Å². The van der Waals surface area contributed by atoms with Gasteiger partial charge in [0.2, 0.25) is 0 Å². The van der Waals surface area contributed by atoms with Crippen LogP contribution in [0, 0.1) is 0 Å². The lowest BCUT2D eigenvalue weighted by molar-refractivity contribution is -0.639. The fourth-order valence-corrected chi connectivity index (χ4v) is 1.42. The third kappa shape index (κ3) is 1.50. The highest BCUT2D eigenvalue weighted by Gasteiger charge is 2.33. The van der Waals surface area contributed by atoms with Crippen LogP contribution in [0.5, 0.6) is 0 Å². The molecule has 1 aliphatic heterocycles. The zero-order valence-electron chi connectivity index (χ0n) is 7.56. The van der Waals surface area contributed by atoms with Gasteiger partial charge in [-0.05, 0) is 6.92 Å². The Morgan fingerprint density at radius 2 is 1.85 bits per heavy atom. The quantitative estimate of drug-likeness (QED) is 0.486. The van der Waals surface area contributed by atoms with Gasteiger partial charge in [-0.25, -0.2) is 5.84 Å². The molecule has 0 amide bonds. The van der Waals surface area contributed by atoms with Crippen molar-refractivity contribution in [2.45, 2.75) is 12.7 Å². The van der Waals surface area contributed by atoms with Crippen LogP contribution in [0.3, 0.4) is 0 Å². The molecular formula is C9H13N2O2+. The molecule has 4 heteroatoms. The Morgan fingerprint density at radius 1 is 1.31 bits per heavy atom. The average Bonchev–Trinajstić information content (AvgIpc) is 2.54. The Hall–Kier alpha value is -1.13. The zero-order valence-corrected chi connectivity index (χ0v) is 7.56. The standard InChI is InChI=1S/C9H13N2O2/c1-9(12-6-7-13-9)8-2-4-11(10)5-3-8/h2-5H,6-7,10H2,1H3/q+1. The molecule has 2 N–H and O–H groups in total. The van der Waals surface area contributed by atoms with E-state index in [0.29, 0.717) is 13.2 Å². The lowest BCUT2D eigenvalue weighted by Crippen LogP contribution is -2.43. The van der Waals surface area contributed by atoms with Crippen molar-refractivity contribution in [2.75, 3.05) is 19.1 Å². The summed E-state index contributed by atoms with van der Waals surface area (Å²) in [6.07, 6.45) is 3.54. The number of nitrogens with two attached hydrogens (primary N) is 1. The normalized spacial score (nSPS) is 20.4. The van der Waals surface area contributed by atoms with E-state index in [1.807, 2.05) is 19.1 Å². The number of rotatable bonds is 1. The van der Waals surface area contributed by atoms with Crippen LogP contribution in [0.1, 0.15) is 12.5 Å². The van der Waals surface area contributed by atoms with Crippen molar-refractivity contribution < 1.29 is 14.1 Å². The van der Waals surface area contributed by atoms with Crippen molar-refractivity contribution in [3.63, 3.8) is 0 Å². The first-order valence-corrected chi connectivity index (χ1v) is 4.25. The molecule has 2 rings (SSSR count). The second-order valence-corrected chi connectivity index (χ2v) is 3.18. The van der Waals surface area contributed by atoms with Crippen molar-refractivity contribution in [3.8, 4) is 0 Å². The van der Waals surface area contributed by atoms with Crippen LogP contribution in [0.4, 0.5) is 0 Å². The number of ether oxygens (including phenoxy) is 2. The number of nitrogen functional groups attached to an aromatic ring is 1. The summed E-state index contributed by atoms with van der Waals surface area (Å²) in [5.41, 5.74) is 0.992. The summed E-state index contributed by atoms with van der Waals surface area (Å²) in [7, 11) is 0. The zero-order chi connectivity index (χ0) is 9.31. The summed E-state index contributed by atoms with van der Waals surface area (Å²) in [4.78, 5) is 0. The molecule has 2 heterocycles. The predicted octanol–water partition coefficient (Wildman–Crippen LogP) is -0.0926. The van der Waals surface area contributed by atoms with E-state index >= 15 is 0 Å². The van der Waals surface area contributed by atoms with Gasteiger partial charge in [-0.15, -0.1) is 0 Å². The van der Waals surface area contributed by atoms with E-state index in [0.717, 1.165) is 5.56 Å². The first-order chi connectivity index (χ1) is 6.21. The largest absolute Gasteiger partial charge is 0.344 e. The Kier molecular flexibility index (Phi) is 1.94. The topological polar surface area (TPSA) is 48.4 Å². The fraction of sp³-hybridized carbons (Fsp3) is 0.444. The van der Waals surface area contributed by atoms with Crippen molar-refractivity contribution >= 4 is 0 Å². The summed E-state index contributed by atoms with van der Waals surface area (Å²) in [6, 6.07) is 3.79. The minimum atomic E-state index is -0.589. The first-order valence-electron chi connectivity index (χ1n) is 4.25. The number of hydrogen-bond acceptors (Lipinski definition) is 3. The molecule has 13 heavy (non-hydrogen) atoms. The van der Waals surface area contributed by atoms with E-state index in [1.54, 1.807) is 12.4 Å². The number of hydrogen-bond donors (Lipinski definition) is 1. The lowest BCUT2D eigenvalue weighted by Gasteiger charge is -2.21. The molecule has 4 nitrogen and oxygen atoms in total. The molecule has 0 aliphatic carbocycles. The Morgan fingerprint density at radius 3 is 2.38 bits per heavy atom. The second-order valence-electron chi connectivity index (χ2n) is 3.18.